The van der Waals surface area contributed by atoms with Crippen molar-refractivity contribution in [3.05, 3.63) is 0 Å². The Labute approximate surface area is 130 Å². The predicted molar refractivity (Wildman–Crippen MR) is 90.9 cm³/mol. The summed E-state index contributed by atoms with van der Waals surface area (Å²) in [7, 11) is 0. The SMILES string of the molecule is CCCCCN=C(NCC)N1CCC(C)CC1.I. The van der Waals surface area contributed by atoms with Crippen molar-refractivity contribution in [2.45, 2.75) is 52.9 Å². The van der Waals surface area contributed by atoms with Gasteiger partial charge in [-0.15, -0.1) is 24.0 Å². The predicted octanol–water partition coefficient (Wildman–Crippen LogP) is 3.49. The number of halogens is 1. The van der Waals surface area contributed by atoms with E-state index in [0.717, 1.165) is 25.0 Å². The molecule has 1 aliphatic heterocycles. The molecule has 3 nitrogen and oxygen atoms in total. The van der Waals surface area contributed by atoms with Crippen LogP contribution in [0.1, 0.15) is 52.9 Å². The van der Waals surface area contributed by atoms with E-state index in [1.165, 1.54) is 45.2 Å². The van der Waals surface area contributed by atoms with E-state index in [2.05, 4.69) is 31.0 Å². The molecule has 0 spiro atoms. The molecule has 0 atom stereocenters. The van der Waals surface area contributed by atoms with Gasteiger partial charge in [-0.25, -0.2) is 0 Å². The zero-order chi connectivity index (χ0) is 12.5. The van der Waals surface area contributed by atoms with Crippen LogP contribution >= 0.6 is 24.0 Å². The number of aliphatic imine (C=N–C) groups is 1. The Morgan fingerprint density at radius 2 is 1.89 bits per heavy atom. The van der Waals surface area contributed by atoms with Gasteiger partial charge >= 0.3 is 0 Å². The molecule has 0 unspecified atom stereocenters. The molecule has 108 valence electrons. The van der Waals surface area contributed by atoms with Gasteiger partial charge in [0.05, 0.1) is 0 Å². The average molecular weight is 367 g/mol. The van der Waals surface area contributed by atoms with Crippen LogP contribution in [0.5, 0.6) is 0 Å². The number of unbranched alkanes of at least 4 members (excludes halogenated alkanes) is 2. The van der Waals surface area contributed by atoms with E-state index in [0.29, 0.717) is 0 Å². The summed E-state index contributed by atoms with van der Waals surface area (Å²) in [5, 5.41) is 3.42. The lowest BCUT2D eigenvalue weighted by Crippen LogP contribution is -2.45. The second-order valence-corrected chi connectivity index (χ2v) is 5.11. The minimum atomic E-state index is 0. The van der Waals surface area contributed by atoms with Crippen LogP contribution in [0, 0.1) is 5.92 Å². The first-order valence-corrected chi connectivity index (χ1v) is 7.31. The number of rotatable bonds is 5. The summed E-state index contributed by atoms with van der Waals surface area (Å²) in [5.41, 5.74) is 0. The van der Waals surface area contributed by atoms with E-state index in [9.17, 15) is 0 Å². The largest absolute Gasteiger partial charge is 0.357 e. The third-order valence-electron chi connectivity index (χ3n) is 3.44. The summed E-state index contributed by atoms with van der Waals surface area (Å²) in [6.07, 6.45) is 6.39. The lowest BCUT2D eigenvalue weighted by atomic mass is 10.00. The summed E-state index contributed by atoms with van der Waals surface area (Å²) in [4.78, 5) is 7.16. The molecule has 0 amide bonds. The van der Waals surface area contributed by atoms with Gasteiger partial charge in [0, 0.05) is 26.2 Å². The molecule has 1 saturated heterocycles. The van der Waals surface area contributed by atoms with Crippen LogP contribution in [-0.2, 0) is 0 Å². The Balaban J connectivity index is 0.00000289. The van der Waals surface area contributed by atoms with E-state index in [4.69, 9.17) is 4.99 Å². The smallest absolute Gasteiger partial charge is 0.193 e. The quantitative estimate of drug-likeness (QED) is 0.349. The van der Waals surface area contributed by atoms with Crippen molar-refractivity contribution >= 4 is 29.9 Å². The fourth-order valence-corrected chi connectivity index (χ4v) is 2.19. The van der Waals surface area contributed by atoms with Crippen molar-refractivity contribution < 1.29 is 0 Å². The minimum Gasteiger partial charge on any atom is -0.357 e. The molecule has 18 heavy (non-hydrogen) atoms. The molecular formula is C14H30IN3. The number of piperidine rings is 1. The van der Waals surface area contributed by atoms with Crippen molar-refractivity contribution in [2.24, 2.45) is 10.9 Å². The van der Waals surface area contributed by atoms with Crippen molar-refractivity contribution in [2.75, 3.05) is 26.2 Å². The molecule has 1 rings (SSSR count). The topological polar surface area (TPSA) is 27.6 Å². The molecular weight excluding hydrogens is 337 g/mol. The maximum absolute atomic E-state index is 4.73. The van der Waals surface area contributed by atoms with E-state index >= 15 is 0 Å². The summed E-state index contributed by atoms with van der Waals surface area (Å²) in [5.74, 6) is 2.02. The van der Waals surface area contributed by atoms with Gasteiger partial charge in [-0.2, -0.15) is 0 Å². The molecule has 4 heteroatoms. The molecule has 1 N–H and O–H groups in total. The Bertz CT molecular complexity index is 223. The van der Waals surface area contributed by atoms with Crippen molar-refractivity contribution in [1.82, 2.24) is 10.2 Å². The Morgan fingerprint density at radius 3 is 2.44 bits per heavy atom. The van der Waals surface area contributed by atoms with Gasteiger partial charge in [-0.3, -0.25) is 4.99 Å². The highest BCUT2D eigenvalue weighted by Gasteiger charge is 2.18. The standard InChI is InChI=1S/C14H29N3.HI/c1-4-6-7-10-16-14(15-5-2)17-11-8-13(3)9-12-17;/h13H,4-12H2,1-3H3,(H,15,16);1H. The van der Waals surface area contributed by atoms with Crippen LogP contribution in [0.2, 0.25) is 0 Å². The summed E-state index contributed by atoms with van der Waals surface area (Å²) >= 11 is 0. The fraction of sp³-hybridized carbons (Fsp3) is 0.929. The number of hydrogen-bond donors (Lipinski definition) is 1. The highest BCUT2D eigenvalue weighted by atomic mass is 127. The van der Waals surface area contributed by atoms with E-state index < -0.39 is 0 Å². The van der Waals surface area contributed by atoms with Gasteiger partial charge in [-0.1, -0.05) is 26.7 Å². The minimum absolute atomic E-state index is 0. The molecule has 0 aromatic carbocycles. The zero-order valence-corrected chi connectivity index (χ0v) is 14.6. The monoisotopic (exact) mass is 367 g/mol. The molecule has 0 bridgehead atoms. The first kappa shape index (κ1) is 18.0. The molecule has 1 fully saturated rings. The van der Waals surface area contributed by atoms with Crippen molar-refractivity contribution in [1.29, 1.82) is 0 Å². The van der Waals surface area contributed by atoms with Gasteiger partial charge in [0.2, 0.25) is 0 Å². The van der Waals surface area contributed by atoms with Gasteiger partial charge in [-0.05, 0) is 32.1 Å². The van der Waals surface area contributed by atoms with Crippen LogP contribution in [0.25, 0.3) is 0 Å². The van der Waals surface area contributed by atoms with E-state index in [1.807, 2.05) is 0 Å². The molecule has 0 aromatic rings. The molecule has 0 radical (unpaired) electrons. The van der Waals surface area contributed by atoms with Gasteiger partial charge < -0.3 is 10.2 Å². The lowest BCUT2D eigenvalue weighted by Gasteiger charge is -2.33. The van der Waals surface area contributed by atoms with Crippen LogP contribution in [-0.4, -0.2) is 37.0 Å². The third-order valence-corrected chi connectivity index (χ3v) is 3.44. The average Bonchev–Trinajstić information content (AvgIpc) is 2.34. The van der Waals surface area contributed by atoms with Crippen LogP contribution in [0.15, 0.2) is 4.99 Å². The zero-order valence-electron chi connectivity index (χ0n) is 12.2. The maximum Gasteiger partial charge on any atom is 0.193 e. The number of hydrogen-bond acceptors (Lipinski definition) is 1. The highest BCUT2D eigenvalue weighted by molar-refractivity contribution is 14.0. The number of nitrogens with zero attached hydrogens (tertiary/aromatic N) is 2. The van der Waals surface area contributed by atoms with Gasteiger partial charge in [0.15, 0.2) is 5.96 Å². The van der Waals surface area contributed by atoms with Crippen LogP contribution in [0.4, 0.5) is 0 Å². The number of nitrogens with one attached hydrogen (secondary N) is 1. The first-order chi connectivity index (χ1) is 8.27. The number of likely N-dealkylation sites (tertiary alicyclic amines) is 1. The normalized spacial score (nSPS) is 17.5. The first-order valence-electron chi connectivity index (χ1n) is 7.31. The van der Waals surface area contributed by atoms with E-state index in [-0.39, 0.29) is 24.0 Å². The summed E-state index contributed by atoms with van der Waals surface area (Å²) < 4.78 is 0. The highest BCUT2D eigenvalue weighted by Crippen LogP contribution is 2.15. The summed E-state index contributed by atoms with van der Waals surface area (Å²) in [6.45, 7) is 11.0. The van der Waals surface area contributed by atoms with E-state index in [1.54, 1.807) is 0 Å². The third kappa shape index (κ3) is 6.81. The fourth-order valence-electron chi connectivity index (χ4n) is 2.19. The Morgan fingerprint density at radius 1 is 1.22 bits per heavy atom. The van der Waals surface area contributed by atoms with Crippen LogP contribution < -0.4 is 5.32 Å². The molecule has 0 aromatic heterocycles. The van der Waals surface area contributed by atoms with Crippen molar-refractivity contribution in [3.8, 4) is 0 Å². The Hall–Kier alpha value is 0. The van der Waals surface area contributed by atoms with Gasteiger partial charge in [0.25, 0.3) is 0 Å². The molecule has 1 aliphatic rings. The molecule has 0 aliphatic carbocycles. The molecule has 0 saturated carbocycles. The second-order valence-electron chi connectivity index (χ2n) is 5.11. The second kappa shape index (κ2) is 10.9. The maximum atomic E-state index is 4.73. The number of guanidine groups is 1. The van der Waals surface area contributed by atoms with Crippen molar-refractivity contribution in [3.63, 3.8) is 0 Å². The van der Waals surface area contributed by atoms with Crippen LogP contribution in [0.3, 0.4) is 0 Å². The molecule has 1 heterocycles. The van der Waals surface area contributed by atoms with Gasteiger partial charge in [0.1, 0.15) is 0 Å². The lowest BCUT2D eigenvalue weighted by molar-refractivity contribution is 0.273. The Kier molecular flexibility index (Phi) is 10.9. The summed E-state index contributed by atoms with van der Waals surface area (Å²) in [6, 6.07) is 0.